The Kier molecular flexibility index (Phi) is 6.84. The fourth-order valence-corrected chi connectivity index (χ4v) is 4.94. The Bertz CT molecular complexity index is 1260. The first-order valence-corrected chi connectivity index (χ1v) is 11.6. The van der Waals surface area contributed by atoms with Crippen LogP contribution in [0, 0.1) is 0 Å². The topological polar surface area (TPSA) is 38.7 Å². The molecule has 0 spiro atoms. The highest BCUT2D eigenvalue weighted by atomic mass is 32.1. The zero-order valence-corrected chi connectivity index (χ0v) is 19.2. The Morgan fingerprint density at radius 2 is 1.44 bits per heavy atom. The molecule has 1 unspecified atom stereocenters. The third-order valence-electron chi connectivity index (χ3n) is 5.50. The molecule has 174 valence electrons. The number of rotatable bonds is 7. The van der Waals surface area contributed by atoms with Gasteiger partial charge < -0.3 is 4.74 Å². The third kappa shape index (κ3) is 4.61. The SMILES string of the molecule is CCOC(=O)CC(N=C(c1ccccc1)c1ccccc1)(c1csc2ccccc12)C(F)(F)F. The first-order valence-electron chi connectivity index (χ1n) is 10.8. The van der Waals surface area contributed by atoms with Crippen molar-refractivity contribution in [2.75, 3.05) is 6.61 Å². The molecule has 3 aromatic carbocycles. The summed E-state index contributed by atoms with van der Waals surface area (Å²) >= 11 is 1.19. The Labute approximate surface area is 199 Å². The summed E-state index contributed by atoms with van der Waals surface area (Å²) in [7, 11) is 0. The van der Waals surface area contributed by atoms with Crippen molar-refractivity contribution in [1.82, 2.24) is 0 Å². The molecule has 0 aliphatic rings. The molecular formula is C27H22F3NO2S. The number of fused-ring (bicyclic) bond motifs is 1. The summed E-state index contributed by atoms with van der Waals surface area (Å²) in [6.07, 6.45) is -5.84. The van der Waals surface area contributed by atoms with E-state index in [1.807, 2.05) is 0 Å². The molecule has 7 heteroatoms. The fraction of sp³-hybridized carbons (Fsp3) is 0.185. The van der Waals surface area contributed by atoms with Crippen molar-refractivity contribution in [3.8, 4) is 0 Å². The summed E-state index contributed by atoms with van der Waals surface area (Å²) in [6.45, 7) is 1.54. The van der Waals surface area contributed by atoms with Crippen molar-refractivity contribution in [2.45, 2.75) is 25.1 Å². The number of ether oxygens (including phenoxy) is 1. The quantitative estimate of drug-likeness (QED) is 0.208. The summed E-state index contributed by atoms with van der Waals surface area (Å²) < 4.78 is 51.1. The summed E-state index contributed by atoms with van der Waals surface area (Å²) in [5, 5.41) is 1.87. The first-order chi connectivity index (χ1) is 16.4. The average molecular weight is 482 g/mol. The smallest absolute Gasteiger partial charge is 0.418 e. The van der Waals surface area contributed by atoms with Crippen LogP contribution < -0.4 is 0 Å². The number of hydrogen-bond acceptors (Lipinski definition) is 4. The maximum absolute atomic E-state index is 15.1. The number of esters is 1. The van der Waals surface area contributed by atoms with E-state index in [4.69, 9.17) is 4.74 Å². The lowest BCUT2D eigenvalue weighted by molar-refractivity contribution is -0.196. The molecule has 3 nitrogen and oxygen atoms in total. The normalized spacial score (nSPS) is 13.3. The number of carbonyl (C=O) groups is 1. The molecule has 4 aromatic rings. The number of alkyl halides is 3. The summed E-state index contributed by atoms with van der Waals surface area (Å²) in [5.41, 5.74) is -1.70. The van der Waals surface area contributed by atoms with Crippen LogP contribution in [0.4, 0.5) is 13.2 Å². The van der Waals surface area contributed by atoms with E-state index in [0.717, 1.165) is 0 Å². The summed E-state index contributed by atoms with van der Waals surface area (Å²) in [6, 6.07) is 24.2. The summed E-state index contributed by atoms with van der Waals surface area (Å²) in [5.74, 6) is -0.959. The molecule has 0 saturated carbocycles. The van der Waals surface area contributed by atoms with Gasteiger partial charge in [-0.05, 0) is 23.8 Å². The molecule has 34 heavy (non-hydrogen) atoms. The van der Waals surface area contributed by atoms with Gasteiger partial charge in [0.15, 0.2) is 5.54 Å². The van der Waals surface area contributed by atoms with E-state index < -0.39 is 24.1 Å². The molecule has 0 amide bonds. The second kappa shape index (κ2) is 9.81. The van der Waals surface area contributed by atoms with Gasteiger partial charge in [-0.3, -0.25) is 9.79 Å². The predicted molar refractivity (Wildman–Crippen MR) is 129 cm³/mol. The van der Waals surface area contributed by atoms with E-state index in [2.05, 4.69) is 4.99 Å². The fourth-order valence-electron chi connectivity index (χ4n) is 3.91. The van der Waals surface area contributed by atoms with E-state index >= 15 is 13.2 Å². The minimum atomic E-state index is -4.88. The summed E-state index contributed by atoms with van der Waals surface area (Å²) in [4.78, 5) is 17.0. The number of carbonyl (C=O) groups excluding carboxylic acids is 1. The molecule has 0 radical (unpaired) electrons. The molecule has 0 bridgehead atoms. The van der Waals surface area contributed by atoms with E-state index in [1.54, 1.807) is 91.9 Å². The van der Waals surface area contributed by atoms with Crippen molar-refractivity contribution in [3.63, 3.8) is 0 Å². The second-order valence-electron chi connectivity index (χ2n) is 7.68. The molecule has 1 aromatic heterocycles. The Morgan fingerprint density at radius 3 is 2.00 bits per heavy atom. The minimum absolute atomic E-state index is 0.0227. The Hall–Kier alpha value is -3.45. The van der Waals surface area contributed by atoms with E-state index in [9.17, 15) is 4.79 Å². The standard InChI is InChI=1S/C27H22F3NO2S/c1-2-33-24(32)17-26(27(28,29)30,22-18-34-23-16-10-9-15-21(22)23)31-25(19-11-5-3-6-12-19)20-13-7-4-8-14-20/h3-16,18H,2,17H2,1H3. The number of thiophene rings is 1. The molecule has 1 heterocycles. The van der Waals surface area contributed by atoms with E-state index in [1.165, 1.54) is 16.7 Å². The van der Waals surface area contributed by atoms with E-state index in [0.29, 0.717) is 21.2 Å². The van der Waals surface area contributed by atoms with Crippen LogP contribution in [0.5, 0.6) is 0 Å². The van der Waals surface area contributed by atoms with Gasteiger partial charge in [0.1, 0.15) is 0 Å². The van der Waals surface area contributed by atoms with Gasteiger partial charge in [-0.15, -0.1) is 11.3 Å². The molecular weight excluding hydrogens is 459 g/mol. The van der Waals surface area contributed by atoms with Gasteiger partial charge >= 0.3 is 12.1 Å². The third-order valence-corrected chi connectivity index (χ3v) is 6.46. The molecule has 0 saturated heterocycles. The van der Waals surface area contributed by atoms with E-state index in [-0.39, 0.29) is 17.9 Å². The lowest BCUT2D eigenvalue weighted by Crippen LogP contribution is -2.44. The number of nitrogens with zero attached hydrogens (tertiary/aromatic N) is 1. The van der Waals surface area contributed by atoms with Gasteiger partial charge in [0.05, 0.1) is 18.7 Å². The zero-order valence-electron chi connectivity index (χ0n) is 18.4. The average Bonchev–Trinajstić information content (AvgIpc) is 3.27. The van der Waals surface area contributed by atoms with Gasteiger partial charge in [-0.25, -0.2) is 0 Å². The molecule has 0 N–H and O–H groups in total. The Morgan fingerprint density at radius 1 is 0.882 bits per heavy atom. The van der Waals surface area contributed by atoms with Gasteiger partial charge in [0, 0.05) is 21.4 Å². The van der Waals surface area contributed by atoms with Gasteiger partial charge in [0.2, 0.25) is 0 Å². The lowest BCUT2D eigenvalue weighted by atomic mass is 9.85. The number of aliphatic imine (C=N–C) groups is 1. The van der Waals surface area contributed by atoms with Crippen LogP contribution in [0.3, 0.4) is 0 Å². The van der Waals surface area contributed by atoms with Crippen LogP contribution in [0.2, 0.25) is 0 Å². The molecule has 1 atom stereocenters. The molecule has 0 fully saturated rings. The monoisotopic (exact) mass is 481 g/mol. The van der Waals surface area contributed by atoms with Crippen LogP contribution in [0.15, 0.2) is 95.3 Å². The highest BCUT2D eigenvalue weighted by Crippen LogP contribution is 2.49. The molecule has 0 aliphatic carbocycles. The van der Waals surface area contributed by atoms with Gasteiger partial charge in [-0.2, -0.15) is 13.2 Å². The van der Waals surface area contributed by atoms with Crippen LogP contribution in [0.1, 0.15) is 30.0 Å². The molecule has 0 aliphatic heterocycles. The van der Waals surface area contributed by atoms with Crippen LogP contribution >= 0.6 is 11.3 Å². The second-order valence-corrected chi connectivity index (χ2v) is 8.59. The number of benzene rings is 3. The Balaban J connectivity index is 2.06. The largest absolute Gasteiger partial charge is 0.466 e. The minimum Gasteiger partial charge on any atom is -0.466 e. The predicted octanol–water partition coefficient (Wildman–Crippen LogP) is 7.15. The number of hydrogen-bond donors (Lipinski definition) is 0. The van der Waals surface area contributed by atoms with Crippen LogP contribution in [-0.4, -0.2) is 24.5 Å². The number of halogens is 3. The molecule has 4 rings (SSSR count). The van der Waals surface area contributed by atoms with Crippen LogP contribution in [0.25, 0.3) is 10.1 Å². The van der Waals surface area contributed by atoms with Crippen LogP contribution in [-0.2, 0) is 15.1 Å². The van der Waals surface area contributed by atoms with Crippen molar-refractivity contribution >= 4 is 33.1 Å². The lowest BCUT2D eigenvalue weighted by Gasteiger charge is -2.32. The van der Waals surface area contributed by atoms with Crippen molar-refractivity contribution < 1.29 is 22.7 Å². The highest BCUT2D eigenvalue weighted by molar-refractivity contribution is 7.17. The first kappa shape index (κ1) is 23.7. The maximum Gasteiger partial charge on any atom is 0.418 e. The van der Waals surface area contributed by atoms with Crippen molar-refractivity contribution in [3.05, 3.63) is 107 Å². The maximum atomic E-state index is 15.1. The van der Waals surface area contributed by atoms with Gasteiger partial charge in [-0.1, -0.05) is 78.9 Å². The van der Waals surface area contributed by atoms with Gasteiger partial charge in [0.25, 0.3) is 0 Å². The van der Waals surface area contributed by atoms with Crippen molar-refractivity contribution in [1.29, 1.82) is 0 Å². The highest BCUT2D eigenvalue weighted by Gasteiger charge is 2.59. The van der Waals surface area contributed by atoms with Crippen molar-refractivity contribution in [2.24, 2.45) is 4.99 Å². The zero-order chi connectivity index (χ0) is 24.2.